The highest BCUT2D eigenvalue weighted by Gasteiger charge is 2.55. The third-order valence-electron chi connectivity index (χ3n) is 6.83. The number of rotatable bonds is 7. The minimum atomic E-state index is -0.170. The van der Waals surface area contributed by atoms with Gasteiger partial charge in [0.1, 0.15) is 5.75 Å². The molecule has 7 heteroatoms. The summed E-state index contributed by atoms with van der Waals surface area (Å²) in [5, 5.41) is 9.08. The van der Waals surface area contributed by atoms with E-state index in [0.717, 1.165) is 37.0 Å². The van der Waals surface area contributed by atoms with E-state index in [1.54, 1.807) is 24.3 Å². The minimum absolute atomic E-state index is 0.0955. The molecule has 1 atom stereocenters. The van der Waals surface area contributed by atoms with Gasteiger partial charge in [-0.2, -0.15) is 0 Å². The molecular weight excluding hydrogens is 408 g/mol. The Morgan fingerprint density at radius 3 is 2.41 bits per heavy atom. The summed E-state index contributed by atoms with van der Waals surface area (Å²) in [7, 11) is 0. The number of halogens is 1. The fourth-order valence-corrected chi connectivity index (χ4v) is 7.09. The van der Waals surface area contributed by atoms with Gasteiger partial charge in [-0.15, -0.1) is 10.2 Å². The highest BCUT2D eigenvalue weighted by molar-refractivity contribution is 8.00. The Kier molecular flexibility index (Phi) is 5.11. The Bertz CT molecular complexity index is 862. The van der Waals surface area contributed by atoms with Gasteiger partial charge in [0.2, 0.25) is 0 Å². The van der Waals surface area contributed by atoms with Gasteiger partial charge in [0.15, 0.2) is 12.4 Å². The van der Waals surface area contributed by atoms with Crippen molar-refractivity contribution >= 4 is 29.1 Å². The largest absolute Gasteiger partial charge is 0.484 e. The molecule has 0 saturated heterocycles. The van der Waals surface area contributed by atoms with Gasteiger partial charge < -0.3 is 9.15 Å². The van der Waals surface area contributed by atoms with Crippen molar-refractivity contribution in [2.75, 3.05) is 0 Å². The second-order valence-corrected chi connectivity index (χ2v) is 10.8. The van der Waals surface area contributed by atoms with Crippen molar-refractivity contribution in [2.45, 2.75) is 62.5 Å². The summed E-state index contributed by atoms with van der Waals surface area (Å²) in [6, 6.07) is 7.12. The van der Waals surface area contributed by atoms with Crippen LogP contribution >= 0.6 is 23.4 Å². The summed E-state index contributed by atoms with van der Waals surface area (Å²) in [6.07, 6.45) is 7.30. The fourth-order valence-electron chi connectivity index (χ4n) is 6.07. The first kappa shape index (κ1) is 19.4. The fraction of sp³-hybridized carbons (Fsp3) is 0.591. The van der Waals surface area contributed by atoms with Crippen LogP contribution in [-0.4, -0.2) is 21.2 Å². The van der Waals surface area contributed by atoms with Crippen LogP contribution in [0.2, 0.25) is 5.02 Å². The van der Waals surface area contributed by atoms with E-state index in [0.29, 0.717) is 27.7 Å². The Balaban J connectivity index is 1.19. The van der Waals surface area contributed by atoms with E-state index in [1.807, 2.05) is 6.92 Å². The molecule has 4 aliphatic carbocycles. The minimum Gasteiger partial charge on any atom is -0.484 e. The van der Waals surface area contributed by atoms with Crippen LogP contribution in [0.4, 0.5) is 0 Å². The predicted molar refractivity (Wildman–Crippen MR) is 111 cm³/mol. The first-order chi connectivity index (χ1) is 14.0. The number of Topliss-reactive ketones (excluding diaryl/α,β-unsaturated/α-hetero) is 1. The number of ether oxygens (including phenoxy) is 1. The van der Waals surface area contributed by atoms with Crippen LogP contribution in [0.3, 0.4) is 0 Å². The van der Waals surface area contributed by atoms with Crippen LogP contribution in [0.1, 0.15) is 51.3 Å². The van der Waals surface area contributed by atoms with Crippen molar-refractivity contribution in [2.24, 2.45) is 23.2 Å². The van der Waals surface area contributed by atoms with Crippen LogP contribution in [0, 0.1) is 23.2 Å². The number of benzene rings is 1. The third-order valence-corrected chi connectivity index (χ3v) is 8.02. The predicted octanol–water partition coefficient (Wildman–Crippen LogP) is 5.57. The number of carbonyl (C=O) groups is 1. The number of ketones is 1. The number of hydrogen-bond donors (Lipinski definition) is 0. The van der Waals surface area contributed by atoms with Crippen LogP contribution in [0.25, 0.3) is 0 Å². The second-order valence-electron chi connectivity index (χ2n) is 9.03. The Morgan fingerprint density at radius 2 is 1.79 bits per heavy atom. The molecular formula is C22H25ClN2O3S. The van der Waals surface area contributed by atoms with Gasteiger partial charge in [-0.25, -0.2) is 0 Å². The number of hydrogen-bond acceptors (Lipinski definition) is 6. The Hall–Kier alpha value is -1.53. The molecule has 0 aliphatic heterocycles. The summed E-state index contributed by atoms with van der Waals surface area (Å²) in [5.74, 6) is 3.77. The lowest BCUT2D eigenvalue weighted by molar-refractivity contribution is -0.143. The van der Waals surface area contributed by atoms with E-state index in [1.165, 1.54) is 31.0 Å². The molecule has 0 amide bonds. The molecule has 2 aromatic rings. The van der Waals surface area contributed by atoms with E-state index in [9.17, 15) is 4.79 Å². The zero-order valence-corrected chi connectivity index (χ0v) is 18.0. The highest BCUT2D eigenvalue weighted by atomic mass is 35.5. The average Bonchev–Trinajstić information content (AvgIpc) is 3.13. The lowest BCUT2D eigenvalue weighted by Crippen LogP contribution is -2.51. The van der Waals surface area contributed by atoms with Gasteiger partial charge in [0.25, 0.3) is 11.1 Å². The molecule has 4 aliphatic rings. The van der Waals surface area contributed by atoms with Crippen molar-refractivity contribution in [1.29, 1.82) is 0 Å². The van der Waals surface area contributed by atoms with Crippen molar-refractivity contribution in [3.05, 3.63) is 35.2 Å². The molecule has 1 aromatic heterocycles. The zero-order valence-electron chi connectivity index (χ0n) is 16.5. The summed E-state index contributed by atoms with van der Waals surface area (Å²) < 4.78 is 11.4. The van der Waals surface area contributed by atoms with Gasteiger partial charge in [0.05, 0.1) is 5.25 Å². The summed E-state index contributed by atoms with van der Waals surface area (Å²) in [5.41, 5.74) is -0.0955. The number of nitrogens with zero attached hydrogens (tertiary/aromatic N) is 2. The molecule has 0 radical (unpaired) electrons. The quantitative estimate of drug-likeness (QED) is 0.533. The van der Waals surface area contributed by atoms with Gasteiger partial charge in [-0.1, -0.05) is 23.4 Å². The third kappa shape index (κ3) is 3.93. The second kappa shape index (κ2) is 7.62. The summed E-state index contributed by atoms with van der Waals surface area (Å²) >= 11 is 7.26. The van der Waals surface area contributed by atoms with Gasteiger partial charge in [-0.05, 0) is 87.5 Å². The Labute approximate surface area is 179 Å². The normalized spacial score (nSPS) is 31.0. The van der Waals surface area contributed by atoms with Crippen LogP contribution < -0.4 is 4.74 Å². The molecule has 5 nitrogen and oxygen atoms in total. The molecule has 1 heterocycles. The maximum atomic E-state index is 13.4. The zero-order chi connectivity index (χ0) is 20.0. The van der Waals surface area contributed by atoms with E-state index in [-0.39, 0.29) is 17.3 Å². The van der Waals surface area contributed by atoms with Crippen molar-refractivity contribution in [3.63, 3.8) is 0 Å². The molecule has 0 spiro atoms. The van der Waals surface area contributed by atoms with Crippen molar-refractivity contribution < 1.29 is 13.9 Å². The molecule has 1 aromatic carbocycles. The molecule has 6 rings (SSSR count). The van der Waals surface area contributed by atoms with E-state index in [4.69, 9.17) is 20.8 Å². The monoisotopic (exact) mass is 432 g/mol. The maximum Gasteiger partial charge on any atom is 0.277 e. The van der Waals surface area contributed by atoms with Crippen molar-refractivity contribution in [1.82, 2.24) is 10.2 Å². The molecule has 4 bridgehead atoms. The maximum absolute atomic E-state index is 13.4. The SMILES string of the molecule is CC(Sc1nnc(COc2ccc(Cl)cc2)o1)C(=O)C12CC3CC(CC(C3)C1)C2. The summed E-state index contributed by atoms with van der Waals surface area (Å²) in [6.45, 7) is 2.17. The van der Waals surface area contributed by atoms with E-state index in [2.05, 4.69) is 10.2 Å². The first-order valence-corrected chi connectivity index (χ1v) is 11.7. The van der Waals surface area contributed by atoms with Crippen LogP contribution in [-0.2, 0) is 11.4 Å². The lowest BCUT2D eigenvalue weighted by Gasteiger charge is -2.56. The van der Waals surface area contributed by atoms with Crippen molar-refractivity contribution in [3.8, 4) is 5.75 Å². The molecule has 4 fully saturated rings. The standard InChI is InChI=1S/C22H25ClN2O3S/c1-13(20(26)22-9-14-6-15(10-22)8-16(7-14)11-22)29-21-25-24-19(28-21)12-27-18-4-2-17(23)3-5-18/h2-5,13-16H,6-12H2,1H3. The van der Waals surface area contributed by atoms with Gasteiger partial charge >= 0.3 is 0 Å². The van der Waals surface area contributed by atoms with Crippen LogP contribution in [0.5, 0.6) is 5.75 Å². The molecule has 1 unspecified atom stereocenters. The lowest BCUT2D eigenvalue weighted by atomic mass is 9.48. The van der Waals surface area contributed by atoms with E-state index >= 15 is 0 Å². The molecule has 4 saturated carbocycles. The molecule has 29 heavy (non-hydrogen) atoms. The van der Waals surface area contributed by atoms with Gasteiger partial charge in [-0.3, -0.25) is 4.79 Å². The number of carbonyl (C=O) groups excluding carboxylic acids is 1. The topological polar surface area (TPSA) is 65.2 Å². The summed E-state index contributed by atoms with van der Waals surface area (Å²) in [4.78, 5) is 13.4. The molecule has 0 N–H and O–H groups in total. The number of thioether (sulfide) groups is 1. The average molecular weight is 433 g/mol. The van der Waals surface area contributed by atoms with E-state index < -0.39 is 0 Å². The van der Waals surface area contributed by atoms with Crippen LogP contribution in [0.15, 0.2) is 33.9 Å². The van der Waals surface area contributed by atoms with Gasteiger partial charge in [0, 0.05) is 10.4 Å². The molecule has 154 valence electrons. The first-order valence-electron chi connectivity index (χ1n) is 10.4. The smallest absolute Gasteiger partial charge is 0.277 e. The highest BCUT2D eigenvalue weighted by Crippen LogP contribution is 2.61. The Morgan fingerprint density at radius 1 is 1.17 bits per heavy atom. The number of aromatic nitrogens is 2.